The van der Waals surface area contributed by atoms with E-state index in [-0.39, 0.29) is 5.02 Å². The lowest BCUT2D eigenvalue weighted by Crippen LogP contribution is -2.02. The molecule has 1 aromatic carbocycles. The van der Waals surface area contributed by atoms with Gasteiger partial charge in [0.25, 0.3) is 0 Å². The fraction of sp³-hybridized carbons (Fsp3) is 0.154. The van der Waals surface area contributed by atoms with E-state index in [9.17, 15) is 4.39 Å². The first kappa shape index (κ1) is 11.9. The third kappa shape index (κ3) is 2.39. The highest BCUT2D eigenvalue weighted by molar-refractivity contribution is 6.31. The molecule has 0 aliphatic heterocycles. The van der Waals surface area contributed by atoms with Crippen LogP contribution in [0.4, 0.5) is 10.2 Å². The summed E-state index contributed by atoms with van der Waals surface area (Å²) in [5.74, 6) is 0.0506. The number of hydrogen-bond donors (Lipinski definition) is 1. The molecule has 0 saturated carbocycles. The van der Waals surface area contributed by atoms with E-state index in [1.807, 2.05) is 13.0 Å². The van der Waals surface area contributed by atoms with Gasteiger partial charge in [0, 0.05) is 18.2 Å². The van der Waals surface area contributed by atoms with Crippen molar-refractivity contribution < 1.29 is 4.39 Å². The number of nitrogen functional groups attached to an aromatic ring is 1. The fourth-order valence-electron chi connectivity index (χ4n) is 1.72. The summed E-state index contributed by atoms with van der Waals surface area (Å²) < 4.78 is 13.3. The van der Waals surface area contributed by atoms with E-state index < -0.39 is 5.82 Å². The number of pyridine rings is 1. The van der Waals surface area contributed by atoms with Crippen molar-refractivity contribution in [2.45, 2.75) is 13.3 Å². The zero-order valence-corrected chi connectivity index (χ0v) is 10.1. The van der Waals surface area contributed by atoms with Gasteiger partial charge in [-0.2, -0.15) is 0 Å². The van der Waals surface area contributed by atoms with Crippen LogP contribution >= 0.6 is 11.6 Å². The smallest absolute Gasteiger partial charge is 0.142 e. The number of nitrogens with two attached hydrogens (primary N) is 1. The number of anilines is 1. The third-order valence-corrected chi connectivity index (χ3v) is 3.15. The van der Waals surface area contributed by atoms with Crippen molar-refractivity contribution in [3.05, 3.63) is 58.0 Å². The topological polar surface area (TPSA) is 38.9 Å². The van der Waals surface area contributed by atoms with Crippen LogP contribution in [0.3, 0.4) is 0 Å². The molecule has 17 heavy (non-hydrogen) atoms. The van der Waals surface area contributed by atoms with E-state index in [2.05, 4.69) is 4.98 Å². The number of rotatable bonds is 2. The lowest BCUT2D eigenvalue weighted by Gasteiger charge is -2.10. The van der Waals surface area contributed by atoms with Gasteiger partial charge in [0.1, 0.15) is 11.6 Å². The molecule has 0 aliphatic rings. The van der Waals surface area contributed by atoms with Gasteiger partial charge in [-0.3, -0.25) is 0 Å². The number of aryl methyl sites for hydroxylation is 1. The standard InChI is InChI=1S/C13H12ClFN2/c1-8-5-6-17-13(16)10(8)7-9-3-2-4-11(15)12(9)14/h2-6H,7H2,1H3,(H2,16,17). The molecular weight excluding hydrogens is 239 g/mol. The third-order valence-electron chi connectivity index (χ3n) is 2.72. The van der Waals surface area contributed by atoms with E-state index in [1.165, 1.54) is 6.07 Å². The Morgan fingerprint density at radius 3 is 2.82 bits per heavy atom. The summed E-state index contributed by atoms with van der Waals surface area (Å²) in [6.45, 7) is 1.95. The van der Waals surface area contributed by atoms with E-state index >= 15 is 0 Å². The first-order chi connectivity index (χ1) is 8.09. The molecule has 0 fully saturated rings. The van der Waals surface area contributed by atoms with Gasteiger partial charge >= 0.3 is 0 Å². The Bertz CT molecular complexity index is 535. The molecule has 4 heteroatoms. The van der Waals surface area contributed by atoms with Gasteiger partial charge in [-0.15, -0.1) is 0 Å². The van der Waals surface area contributed by atoms with E-state index in [0.717, 1.165) is 16.7 Å². The van der Waals surface area contributed by atoms with Crippen LogP contribution in [0.15, 0.2) is 30.5 Å². The largest absolute Gasteiger partial charge is 0.383 e. The average Bonchev–Trinajstić information content (AvgIpc) is 2.29. The number of benzene rings is 1. The van der Waals surface area contributed by atoms with Crippen molar-refractivity contribution >= 4 is 17.4 Å². The average molecular weight is 251 g/mol. The van der Waals surface area contributed by atoms with Gasteiger partial charge in [-0.05, 0) is 30.2 Å². The lowest BCUT2D eigenvalue weighted by atomic mass is 10.0. The Morgan fingerprint density at radius 1 is 1.35 bits per heavy atom. The summed E-state index contributed by atoms with van der Waals surface area (Å²) in [4.78, 5) is 4.03. The van der Waals surface area contributed by atoms with Crippen molar-refractivity contribution in [2.75, 3.05) is 5.73 Å². The Kier molecular flexibility index (Phi) is 3.29. The van der Waals surface area contributed by atoms with E-state index in [0.29, 0.717) is 12.2 Å². The van der Waals surface area contributed by atoms with Crippen molar-refractivity contribution in [3.63, 3.8) is 0 Å². The molecule has 2 rings (SSSR count). The highest BCUT2D eigenvalue weighted by Crippen LogP contribution is 2.25. The van der Waals surface area contributed by atoms with Gasteiger partial charge in [-0.25, -0.2) is 9.37 Å². The second kappa shape index (κ2) is 4.72. The number of hydrogen-bond acceptors (Lipinski definition) is 2. The van der Waals surface area contributed by atoms with Gasteiger partial charge in [0.15, 0.2) is 0 Å². The zero-order chi connectivity index (χ0) is 12.4. The molecule has 1 heterocycles. The Balaban J connectivity index is 2.42. The second-order valence-corrected chi connectivity index (χ2v) is 4.26. The summed E-state index contributed by atoms with van der Waals surface area (Å²) in [5.41, 5.74) is 8.44. The molecule has 1 aromatic heterocycles. The first-order valence-corrected chi connectivity index (χ1v) is 5.60. The SMILES string of the molecule is Cc1ccnc(N)c1Cc1cccc(F)c1Cl. The van der Waals surface area contributed by atoms with Crippen LogP contribution in [-0.2, 0) is 6.42 Å². The molecule has 2 nitrogen and oxygen atoms in total. The molecular formula is C13H12ClFN2. The lowest BCUT2D eigenvalue weighted by molar-refractivity contribution is 0.626. The van der Waals surface area contributed by atoms with Crippen molar-refractivity contribution in [1.82, 2.24) is 4.98 Å². The Labute approximate surface area is 104 Å². The summed E-state index contributed by atoms with van der Waals surface area (Å²) in [6.07, 6.45) is 2.14. The monoisotopic (exact) mass is 250 g/mol. The van der Waals surface area contributed by atoms with Gasteiger partial charge in [-0.1, -0.05) is 23.7 Å². The second-order valence-electron chi connectivity index (χ2n) is 3.88. The zero-order valence-electron chi connectivity index (χ0n) is 9.37. The molecule has 0 atom stereocenters. The Morgan fingerprint density at radius 2 is 2.12 bits per heavy atom. The van der Waals surface area contributed by atoms with E-state index in [4.69, 9.17) is 17.3 Å². The normalized spacial score (nSPS) is 10.5. The summed E-state index contributed by atoms with van der Waals surface area (Å²) in [5, 5.41) is 0.148. The fourth-order valence-corrected chi connectivity index (χ4v) is 1.91. The van der Waals surface area contributed by atoms with Crippen LogP contribution in [0.25, 0.3) is 0 Å². The Hall–Kier alpha value is -1.61. The molecule has 2 N–H and O–H groups in total. The molecule has 0 radical (unpaired) electrons. The van der Waals surface area contributed by atoms with Crippen LogP contribution in [-0.4, -0.2) is 4.98 Å². The summed E-state index contributed by atoms with van der Waals surface area (Å²) >= 11 is 5.91. The summed E-state index contributed by atoms with van der Waals surface area (Å²) in [7, 11) is 0. The maximum Gasteiger partial charge on any atom is 0.142 e. The van der Waals surface area contributed by atoms with Gasteiger partial charge in [0.2, 0.25) is 0 Å². The maximum atomic E-state index is 13.3. The molecule has 0 saturated heterocycles. The minimum absolute atomic E-state index is 0.148. The number of halogens is 2. The molecule has 0 unspecified atom stereocenters. The minimum Gasteiger partial charge on any atom is -0.383 e. The quantitative estimate of drug-likeness (QED) is 0.888. The van der Waals surface area contributed by atoms with Gasteiger partial charge in [0.05, 0.1) is 5.02 Å². The molecule has 0 spiro atoms. The predicted molar refractivity (Wildman–Crippen MR) is 67.6 cm³/mol. The van der Waals surface area contributed by atoms with Crippen LogP contribution in [0.5, 0.6) is 0 Å². The molecule has 88 valence electrons. The highest BCUT2D eigenvalue weighted by atomic mass is 35.5. The molecule has 2 aromatic rings. The van der Waals surface area contributed by atoms with Crippen LogP contribution < -0.4 is 5.73 Å². The van der Waals surface area contributed by atoms with Crippen molar-refractivity contribution in [1.29, 1.82) is 0 Å². The first-order valence-electron chi connectivity index (χ1n) is 5.22. The predicted octanol–water partition coefficient (Wildman–Crippen LogP) is 3.36. The number of nitrogens with zero attached hydrogens (tertiary/aromatic N) is 1. The van der Waals surface area contributed by atoms with E-state index in [1.54, 1.807) is 18.3 Å². The maximum absolute atomic E-state index is 13.3. The van der Waals surface area contributed by atoms with Crippen LogP contribution in [0.2, 0.25) is 5.02 Å². The number of aromatic nitrogens is 1. The minimum atomic E-state index is -0.413. The van der Waals surface area contributed by atoms with Gasteiger partial charge < -0.3 is 5.73 Å². The molecule has 0 aliphatic carbocycles. The molecule has 0 bridgehead atoms. The van der Waals surface area contributed by atoms with Crippen molar-refractivity contribution in [3.8, 4) is 0 Å². The van der Waals surface area contributed by atoms with Crippen LogP contribution in [0, 0.1) is 12.7 Å². The highest BCUT2D eigenvalue weighted by Gasteiger charge is 2.10. The van der Waals surface area contributed by atoms with Crippen LogP contribution in [0.1, 0.15) is 16.7 Å². The van der Waals surface area contributed by atoms with Crippen molar-refractivity contribution in [2.24, 2.45) is 0 Å². The summed E-state index contributed by atoms with van der Waals surface area (Å²) in [6, 6.07) is 6.64. The molecule has 0 amide bonds.